The highest BCUT2D eigenvalue weighted by Gasteiger charge is 2.25. The fourth-order valence-electron chi connectivity index (χ4n) is 4.48. The number of methoxy groups -OCH3 is 2. The van der Waals surface area contributed by atoms with Crippen molar-refractivity contribution in [1.82, 2.24) is 14.4 Å². The molecule has 2 aromatic rings. The molecule has 0 radical (unpaired) electrons. The molecule has 0 spiro atoms. The lowest BCUT2D eigenvalue weighted by Crippen LogP contribution is -2.50. The first-order valence-electron chi connectivity index (χ1n) is 11.7. The second kappa shape index (κ2) is 10.9. The van der Waals surface area contributed by atoms with E-state index in [0.717, 1.165) is 60.1 Å². The second-order valence-corrected chi connectivity index (χ2v) is 9.06. The van der Waals surface area contributed by atoms with Gasteiger partial charge < -0.3 is 18.9 Å². The molecule has 0 N–H and O–H groups in total. The molecule has 7 nitrogen and oxygen atoms in total. The Bertz CT molecular complexity index is 988. The van der Waals surface area contributed by atoms with Crippen molar-refractivity contribution in [3.63, 3.8) is 0 Å². The van der Waals surface area contributed by atoms with Crippen molar-refractivity contribution in [2.45, 2.75) is 40.7 Å². The van der Waals surface area contributed by atoms with Crippen LogP contribution in [0.2, 0.25) is 0 Å². The normalized spacial score (nSPS) is 14.6. The first kappa shape index (κ1) is 24.8. The van der Waals surface area contributed by atoms with Crippen molar-refractivity contribution in [2.75, 3.05) is 46.9 Å². The number of hydrogen-bond donors (Lipinski definition) is 0. The van der Waals surface area contributed by atoms with Crippen molar-refractivity contribution < 1.29 is 19.1 Å². The van der Waals surface area contributed by atoms with Gasteiger partial charge in [0.2, 0.25) is 5.91 Å². The summed E-state index contributed by atoms with van der Waals surface area (Å²) in [7, 11) is 3.27. The van der Waals surface area contributed by atoms with Gasteiger partial charge in [-0.05, 0) is 44.0 Å². The maximum atomic E-state index is 13.1. The third kappa shape index (κ3) is 5.77. The molecule has 1 fully saturated rings. The molecular weight excluding hydrogens is 418 g/mol. The van der Waals surface area contributed by atoms with E-state index < -0.39 is 0 Å². The summed E-state index contributed by atoms with van der Waals surface area (Å²) in [4.78, 5) is 29.3. The number of Topliss-reactive ketones (excluding diaryl/α,β-unsaturated/α-hetero) is 1. The standard InChI is InChI=1S/C26H37N3O4/c1-18(2)26(31)28-13-11-27(12-14-28)17-23(30)22-15-19(3)29(20(22)4)10-9-21-7-8-24(32-5)25(16-21)33-6/h7-8,15-16,18H,9-14,17H2,1-6H3. The number of benzene rings is 1. The van der Waals surface area contributed by atoms with Gasteiger partial charge in [-0.2, -0.15) is 0 Å². The SMILES string of the molecule is COc1ccc(CCn2c(C)cc(C(=O)CN3CCN(C(=O)C(C)C)CC3)c2C)cc1OC. The molecule has 0 aliphatic carbocycles. The van der Waals surface area contributed by atoms with Gasteiger partial charge in [0.15, 0.2) is 17.3 Å². The van der Waals surface area contributed by atoms with E-state index in [1.54, 1.807) is 14.2 Å². The molecule has 0 saturated carbocycles. The molecule has 1 aromatic carbocycles. The van der Waals surface area contributed by atoms with Gasteiger partial charge in [-0.1, -0.05) is 19.9 Å². The predicted octanol–water partition coefficient (Wildman–Crippen LogP) is 3.35. The number of carbonyl (C=O) groups excluding carboxylic acids is 2. The van der Waals surface area contributed by atoms with Gasteiger partial charge in [-0.3, -0.25) is 14.5 Å². The topological polar surface area (TPSA) is 64.0 Å². The van der Waals surface area contributed by atoms with Crippen LogP contribution in [-0.2, 0) is 17.8 Å². The van der Waals surface area contributed by atoms with Gasteiger partial charge in [0, 0.05) is 55.6 Å². The number of aryl methyl sites for hydroxylation is 2. The lowest BCUT2D eigenvalue weighted by molar-refractivity contribution is -0.136. The van der Waals surface area contributed by atoms with Gasteiger partial charge >= 0.3 is 0 Å². The van der Waals surface area contributed by atoms with E-state index in [4.69, 9.17) is 9.47 Å². The minimum absolute atomic E-state index is 0.0163. The summed E-state index contributed by atoms with van der Waals surface area (Å²) in [5.74, 6) is 1.80. The van der Waals surface area contributed by atoms with E-state index >= 15 is 0 Å². The van der Waals surface area contributed by atoms with E-state index in [-0.39, 0.29) is 17.6 Å². The molecule has 33 heavy (non-hydrogen) atoms. The van der Waals surface area contributed by atoms with Crippen LogP contribution in [0.5, 0.6) is 11.5 Å². The van der Waals surface area contributed by atoms with Crippen LogP contribution < -0.4 is 9.47 Å². The van der Waals surface area contributed by atoms with Gasteiger partial charge in [0.05, 0.1) is 20.8 Å². The molecule has 3 rings (SSSR count). The molecule has 0 unspecified atom stereocenters. The number of amides is 1. The zero-order chi connectivity index (χ0) is 24.1. The minimum Gasteiger partial charge on any atom is -0.493 e. The fourth-order valence-corrected chi connectivity index (χ4v) is 4.48. The Labute approximate surface area is 197 Å². The molecule has 2 heterocycles. The average molecular weight is 456 g/mol. The molecule has 180 valence electrons. The maximum absolute atomic E-state index is 13.1. The highest BCUT2D eigenvalue weighted by atomic mass is 16.5. The van der Waals surface area contributed by atoms with Gasteiger partial charge in [-0.25, -0.2) is 0 Å². The Kier molecular flexibility index (Phi) is 8.19. The van der Waals surface area contributed by atoms with Gasteiger partial charge in [0.1, 0.15) is 0 Å². The molecule has 0 bridgehead atoms. The van der Waals surface area contributed by atoms with Crippen molar-refractivity contribution in [3.8, 4) is 11.5 Å². The zero-order valence-electron chi connectivity index (χ0n) is 20.8. The molecule has 1 aromatic heterocycles. The van der Waals surface area contributed by atoms with E-state index in [0.29, 0.717) is 19.6 Å². The zero-order valence-corrected chi connectivity index (χ0v) is 20.8. The summed E-state index contributed by atoms with van der Waals surface area (Å²) in [6.07, 6.45) is 0.830. The van der Waals surface area contributed by atoms with Crippen molar-refractivity contribution in [3.05, 3.63) is 46.8 Å². The van der Waals surface area contributed by atoms with Crippen LogP contribution in [0, 0.1) is 19.8 Å². The number of hydrogen-bond acceptors (Lipinski definition) is 5. The number of nitrogens with zero attached hydrogens (tertiary/aromatic N) is 3. The number of carbonyl (C=O) groups is 2. The lowest BCUT2D eigenvalue weighted by Gasteiger charge is -2.35. The maximum Gasteiger partial charge on any atom is 0.225 e. The van der Waals surface area contributed by atoms with Gasteiger partial charge in [0.25, 0.3) is 0 Å². The first-order chi connectivity index (χ1) is 15.7. The third-order valence-electron chi connectivity index (χ3n) is 6.49. The average Bonchev–Trinajstić information content (AvgIpc) is 3.10. The van der Waals surface area contributed by atoms with Crippen LogP contribution in [-0.4, -0.2) is 73.0 Å². The largest absolute Gasteiger partial charge is 0.493 e. The molecule has 1 aliphatic heterocycles. The highest BCUT2D eigenvalue weighted by Crippen LogP contribution is 2.28. The van der Waals surface area contributed by atoms with Crippen LogP contribution in [0.4, 0.5) is 0 Å². The highest BCUT2D eigenvalue weighted by molar-refractivity contribution is 5.99. The molecule has 0 atom stereocenters. The Morgan fingerprint density at radius 1 is 0.970 bits per heavy atom. The molecule has 1 amide bonds. The smallest absolute Gasteiger partial charge is 0.225 e. The van der Waals surface area contributed by atoms with Crippen LogP contribution in [0.25, 0.3) is 0 Å². The minimum atomic E-state index is 0.0163. The van der Waals surface area contributed by atoms with Crippen LogP contribution >= 0.6 is 0 Å². The second-order valence-electron chi connectivity index (χ2n) is 9.06. The number of piperazine rings is 1. The van der Waals surface area contributed by atoms with E-state index in [1.807, 2.05) is 49.9 Å². The lowest BCUT2D eigenvalue weighted by atomic mass is 10.1. The molecule has 7 heteroatoms. The van der Waals surface area contributed by atoms with E-state index in [1.165, 1.54) is 0 Å². The van der Waals surface area contributed by atoms with E-state index in [9.17, 15) is 9.59 Å². The van der Waals surface area contributed by atoms with Crippen molar-refractivity contribution >= 4 is 11.7 Å². The summed E-state index contributed by atoms with van der Waals surface area (Å²) in [5.41, 5.74) is 4.04. The Balaban J connectivity index is 1.61. The molecule has 1 aliphatic rings. The fraction of sp³-hybridized carbons (Fsp3) is 0.538. The van der Waals surface area contributed by atoms with Gasteiger partial charge in [-0.15, -0.1) is 0 Å². The van der Waals surface area contributed by atoms with E-state index in [2.05, 4.69) is 16.4 Å². The van der Waals surface area contributed by atoms with Crippen molar-refractivity contribution in [2.24, 2.45) is 5.92 Å². The Morgan fingerprint density at radius 2 is 1.64 bits per heavy atom. The number of ether oxygens (including phenoxy) is 2. The predicted molar refractivity (Wildman–Crippen MR) is 129 cm³/mol. The summed E-state index contributed by atoms with van der Waals surface area (Å²) >= 11 is 0. The quantitative estimate of drug-likeness (QED) is 0.543. The molecule has 1 saturated heterocycles. The number of rotatable bonds is 9. The summed E-state index contributed by atoms with van der Waals surface area (Å²) in [5, 5.41) is 0. The van der Waals surface area contributed by atoms with Crippen LogP contribution in [0.1, 0.15) is 41.2 Å². The third-order valence-corrected chi connectivity index (χ3v) is 6.49. The summed E-state index contributed by atoms with van der Waals surface area (Å²) in [6, 6.07) is 7.98. The monoisotopic (exact) mass is 455 g/mol. The van der Waals surface area contributed by atoms with Crippen LogP contribution in [0.3, 0.4) is 0 Å². The van der Waals surface area contributed by atoms with Crippen LogP contribution in [0.15, 0.2) is 24.3 Å². The summed E-state index contributed by atoms with van der Waals surface area (Å²) in [6.45, 7) is 12.0. The summed E-state index contributed by atoms with van der Waals surface area (Å²) < 4.78 is 12.9. The Morgan fingerprint density at radius 3 is 2.24 bits per heavy atom. The van der Waals surface area contributed by atoms with Crippen molar-refractivity contribution in [1.29, 1.82) is 0 Å². The molecular formula is C26H37N3O4. The first-order valence-corrected chi connectivity index (χ1v) is 11.7. The number of aromatic nitrogens is 1. The number of ketones is 1. The Hall–Kier alpha value is -2.80.